The lowest BCUT2D eigenvalue weighted by atomic mass is 10.2. The van der Waals surface area contributed by atoms with Gasteiger partial charge in [0.25, 0.3) is 0 Å². The van der Waals surface area contributed by atoms with Gasteiger partial charge in [0.1, 0.15) is 5.75 Å². The van der Waals surface area contributed by atoms with Crippen LogP contribution in [0.2, 0.25) is 5.02 Å². The van der Waals surface area contributed by atoms with Crippen LogP contribution in [0, 0.1) is 6.92 Å². The lowest BCUT2D eigenvalue weighted by Gasteiger charge is -2.14. The van der Waals surface area contributed by atoms with Gasteiger partial charge in [-0.2, -0.15) is 0 Å². The van der Waals surface area contributed by atoms with Crippen molar-refractivity contribution in [2.75, 3.05) is 12.4 Å². The van der Waals surface area contributed by atoms with Gasteiger partial charge in [-0.15, -0.1) is 5.10 Å². The highest BCUT2D eigenvalue weighted by molar-refractivity contribution is 9.10. The number of aryl methyl sites for hydroxylation is 1. The van der Waals surface area contributed by atoms with Crippen molar-refractivity contribution < 1.29 is 9.53 Å². The van der Waals surface area contributed by atoms with Crippen molar-refractivity contribution in [1.29, 1.82) is 0 Å². The predicted molar refractivity (Wildman–Crippen MR) is 116 cm³/mol. The Bertz CT molecular complexity index is 1010. The molecule has 28 heavy (non-hydrogen) atoms. The molecule has 0 saturated carbocycles. The predicted octanol–water partition coefficient (Wildman–Crippen LogP) is 5.32. The topological polar surface area (TPSA) is 79.9 Å². The fourth-order valence-corrected chi connectivity index (χ4v) is 3.80. The first kappa shape index (κ1) is 20.7. The van der Waals surface area contributed by atoms with E-state index in [0.29, 0.717) is 27.4 Å². The van der Waals surface area contributed by atoms with E-state index in [-0.39, 0.29) is 5.91 Å². The van der Waals surface area contributed by atoms with E-state index in [2.05, 4.69) is 36.4 Å². The van der Waals surface area contributed by atoms with E-state index in [4.69, 9.17) is 16.3 Å². The van der Waals surface area contributed by atoms with E-state index in [1.54, 1.807) is 19.1 Å². The van der Waals surface area contributed by atoms with Crippen molar-refractivity contribution >= 4 is 50.9 Å². The zero-order valence-electron chi connectivity index (χ0n) is 15.4. The summed E-state index contributed by atoms with van der Waals surface area (Å²) in [6, 6.07) is 11.2. The summed E-state index contributed by atoms with van der Waals surface area (Å²) in [6.07, 6.45) is 0. The minimum Gasteiger partial charge on any atom is -0.495 e. The van der Waals surface area contributed by atoms with Gasteiger partial charge in [0, 0.05) is 21.1 Å². The molecule has 3 aromatic rings. The van der Waals surface area contributed by atoms with Crippen molar-refractivity contribution in [2.24, 2.45) is 0 Å². The van der Waals surface area contributed by atoms with E-state index >= 15 is 0 Å². The van der Waals surface area contributed by atoms with E-state index in [0.717, 1.165) is 15.6 Å². The number of hydrogen-bond donors (Lipinski definition) is 2. The third kappa shape index (κ3) is 4.68. The van der Waals surface area contributed by atoms with E-state index in [9.17, 15) is 4.79 Å². The molecule has 0 aliphatic carbocycles. The number of halogens is 2. The van der Waals surface area contributed by atoms with Crippen LogP contribution < -0.4 is 10.1 Å². The van der Waals surface area contributed by atoms with Gasteiger partial charge in [-0.3, -0.25) is 9.89 Å². The Hall–Kier alpha value is -2.03. The number of aromatic amines is 1. The molecule has 0 bridgehead atoms. The number of H-pyrrole nitrogens is 1. The molecule has 1 amide bonds. The van der Waals surface area contributed by atoms with Gasteiger partial charge in [-0.1, -0.05) is 57.5 Å². The van der Waals surface area contributed by atoms with Crippen LogP contribution in [0.15, 0.2) is 46.0 Å². The van der Waals surface area contributed by atoms with Crippen LogP contribution >= 0.6 is 39.3 Å². The third-order valence-corrected chi connectivity index (χ3v) is 6.04. The molecule has 0 spiro atoms. The number of hydrogen-bond acceptors (Lipinski definition) is 5. The van der Waals surface area contributed by atoms with Gasteiger partial charge in [0.15, 0.2) is 5.82 Å². The molecule has 0 aliphatic rings. The van der Waals surface area contributed by atoms with Crippen LogP contribution in [0.1, 0.15) is 12.5 Å². The largest absolute Gasteiger partial charge is 0.495 e. The molecular formula is C19H18BrClN4O2S. The summed E-state index contributed by atoms with van der Waals surface area (Å²) in [5.41, 5.74) is 2.33. The first-order valence-corrected chi connectivity index (χ1v) is 10.4. The number of carbonyl (C=O) groups excluding carboxylic acids is 1. The maximum absolute atomic E-state index is 12.6. The lowest BCUT2D eigenvalue weighted by molar-refractivity contribution is -0.115. The Morgan fingerprint density at radius 1 is 1.36 bits per heavy atom. The second-order valence-electron chi connectivity index (χ2n) is 6.00. The molecule has 0 aliphatic heterocycles. The average molecular weight is 482 g/mol. The fourth-order valence-electron chi connectivity index (χ4n) is 2.45. The molecule has 6 nitrogen and oxygen atoms in total. The normalized spacial score (nSPS) is 11.9. The smallest absolute Gasteiger partial charge is 0.237 e. The summed E-state index contributed by atoms with van der Waals surface area (Å²) < 4.78 is 6.22. The maximum Gasteiger partial charge on any atom is 0.237 e. The summed E-state index contributed by atoms with van der Waals surface area (Å²) in [4.78, 5) is 17.1. The fraction of sp³-hybridized carbons (Fsp3) is 0.211. The number of anilines is 1. The van der Waals surface area contributed by atoms with Gasteiger partial charge in [-0.05, 0) is 31.5 Å². The number of nitrogens with one attached hydrogen (secondary N) is 2. The summed E-state index contributed by atoms with van der Waals surface area (Å²) in [5.74, 6) is 0.963. The molecule has 0 saturated heterocycles. The number of aromatic nitrogens is 3. The summed E-state index contributed by atoms with van der Waals surface area (Å²) in [5, 5.41) is 10.7. The second-order valence-corrected chi connectivity index (χ2v) is 8.57. The average Bonchev–Trinajstić information content (AvgIpc) is 3.13. The number of methoxy groups -OCH3 is 1. The standard InChI is InChI=1S/C19H18BrClN4O2S/c1-10-8-15(16(27-3)9-14(10)21)22-18(26)11(2)28-19-23-17(24-25-19)12-6-4-5-7-13(12)20/h4-9,11H,1-3H3,(H,22,26)(H,23,24,25). The zero-order valence-corrected chi connectivity index (χ0v) is 18.6. The van der Waals surface area contributed by atoms with E-state index in [1.165, 1.54) is 18.9 Å². The summed E-state index contributed by atoms with van der Waals surface area (Å²) in [6.45, 7) is 3.66. The van der Waals surface area contributed by atoms with E-state index in [1.807, 2.05) is 31.2 Å². The highest BCUT2D eigenvalue weighted by atomic mass is 79.9. The van der Waals surface area contributed by atoms with Crippen LogP contribution in [-0.4, -0.2) is 33.4 Å². The number of amides is 1. The molecule has 0 radical (unpaired) electrons. The molecule has 9 heteroatoms. The lowest BCUT2D eigenvalue weighted by Crippen LogP contribution is -2.23. The highest BCUT2D eigenvalue weighted by Gasteiger charge is 2.20. The Morgan fingerprint density at radius 2 is 2.11 bits per heavy atom. The number of carbonyl (C=O) groups is 1. The number of benzene rings is 2. The number of thioether (sulfide) groups is 1. The molecule has 1 unspecified atom stereocenters. The first-order valence-electron chi connectivity index (χ1n) is 8.38. The zero-order chi connectivity index (χ0) is 20.3. The highest BCUT2D eigenvalue weighted by Crippen LogP contribution is 2.32. The SMILES string of the molecule is COc1cc(Cl)c(C)cc1NC(=O)C(C)Sc1n[nH]c(-c2ccccc2Br)n1. The van der Waals surface area contributed by atoms with Gasteiger partial charge >= 0.3 is 0 Å². The molecule has 146 valence electrons. The molecule has 1 atom stereocenters. The molecule has 0 fully saturated rings. The molecular weight excluding hydrogens is 464 g/mol. The van der Waals surface area contributed by atoms with E-state index < -0.39 is 5.25 Å². The van der Waals surface area contributed by atoms with Crippen LogP contribution in [0.25, 0.3) is 11.4 Å². The first-order chi connectivity index (χ1) is 13.4. The van der Waals surface area contributed by atoms with Gasteiger partial charge in [0.05, 0.1) is 18.0 Å². The Labute approximate surface area is 180 Å². The molecule has 2 aromatic carbocycles. The van der Waals surface area contributed by atoms with Crippen LogP contribution in [-0.2, 0) is 4.79 Å². The quantitative estimate of drug-likeness (QED) is 0.466. The Kier molecular flexibility index (Phi) is 6.64. The van der Waals surface area contributed by atoms with Crippen LogP contribution in [0.5, 0.6) is 5.75 Å². The van der Waals surface area contributed by atoms with Crippen molar-refractivity contribution in [3.8, 4) is 17.1 Å². The van der Waals surface area contributed by atoms with Gasteiger partial charge in [-0.25, -0.2) is 4.98 Å². The molecule has 3 rings (SSSR count). The number of nitrogens with zero attached hydrogens (tertiary/aromatic N) is 2. The Balaban J connectivity index is 1.70. The van der Waals surface area contributed by atoms with Crippen LogP contribution in [0.3, 0.4) is 0 Å². The van der Waals surface area contributed by atoms with Gasteiger partial charge in [0.2, 0.25) is 11.1 Å². The summed E-state index contributed by atoms with van der Waals surface area (Å²) in [7, 11) is 1.53. The minimum absolute atomic E-state index is 0.183. The van der Waals surface area contributed by atoms with Crippen molar-refractivity contribution in [3.63, 3.8) is 0 Å². The minimum atomic E-state index is -0.413. The number of ether oxygens (including phenoxy) is 1. The Morgan fingerprint density at radius 3 is 2.82 bits per heavy atom. The monoisotopic (exact) mass is 480 g/mol. The maximum atomic E-state index is 12.6. The summed E-state index contributed by atoms with van der Waals surface area (Å²) >= 11 is 10.9. The molecule has 1 heterocycles. The van der Waals surface area contributed by atoms with Crippen molar-refractivity contribution in [1.82, 2.24) is 15.2 Å². The second kappa shape index (κ2) is 8.98. The number of rotatable bonds is 6. The van der Waals surface area contributed by atoms with Crippen LogP contribution in [0.4, 0.5) is 5.69 Å². The molecule has 2 N–H and O–H groups in total. The third-order valence-electron chi connectivity index (χ3n) is 3.98. The molecule has 1 aromatic heterocycles. The van der Waals surface area contributed by atoms with Crippen molar-refractivity contribution in [2.45, 2.75) is 24.3 Å². The van der Waals surface area contributed by atoms with Gasteiger partial charge < -0.3 is 10.1 Å². The van der Waals surface area contributed by atoms with Crippen molar-refractivity contribution in [3.05, 3.63) is 51.5 Å².